The van der Waals surface area contributed by atoms with Crippen LogP contribution in [0.3, 0.4) is 0 Å². The third-order valence-corrected chi connectivity index (χ3v) is 3.43. The van der Waals surface area contributed by atoms with Gasteiger partial charge in [-0.05, 0) is 30.4 Å². The van der Waals surface area contributed by atoms with E-state index in [4.69, 9.17) is 11.6 Å². The van der Waals surface area contributed by atoms with Gasteiger partial charge in [-0.25, -0.2) is 4.68 Å². The Morgan fingerprint density at radius 3 is 2.82 bits per heavy atom. The van der Waals surface area contributed by atoms with Gasteiger partial charge in [-0.1, -0.05) is 24.3 Å². The Bertz CT molecular complexity index is 546. The second-order valence-corrected chi connectivity index (χ2v) is 4.43. The van der Waals surface area contributed by atoms with Crippen molar-refractivity contribution in [1.29, 1.82) is 0 Å². The molecule has 0 saturated carbocycles. The average molecular weight is 229 g/mol. The zero-order chi connectivity index (χ0) is 11.8. The van der Waals surface area contributed by atoms with Crippen molar-refractivity contribution in [3.05, 3.63) is 41.2 Å². The SMILES string of the molecule is Nc1nnc(C2CCCc3ccccc32)n1N. The van der Waals surface area contributed by atoms with E-state index in [0.29, 0.717) is 0 Å². The molecule has 3 rings (SSSR count). The number of aryl methyl sites for hydroxylation is 1. The minimum atomic E-state index is 0.217. The molecule has 1 aliphatic carbocycles. The molecule has 5 nitrogen and oxygen atoms in total. The topological polar surface area (TPSA) is 82.8 Å². The van der Waals surface area contributed by atoms with E-state index < -0.39 is 0 Å². The maximum Gasteiger partial charge on any atom is 0.240 e. The summed E-state index contributed by atoms with van der Waals surface area (Å²) in [6.07, 6.45) is 3.32. The third kappa shape index (κ3) is 1.54. The third-order valence-electron chi connectivity index (χ3n) is 3.43. The molecule has 1 atom stereocenters. The Balaban J connectivity index is 2.09. The van der Waals surface area contributed by atoms with Crippen molar-refractivity contribution in [1.82, 2.24) is 14.9 Å². The molecule has 0 fully saturated rings. The molecule has 0 bridgehead atoms. The van der Waals surface area contributed by atoms with Gasteiger partial charge in [0.2, 0.25) is 5.95 Å². The summed E-state index contributed by atoms with van der Waals surface area (Å²) in [6, 6.07) is 8.44. The second kappa shape index (κ2) is 3.76. The highest BCUT2D eigenvalue weighted by atomic mass is 15.4. The fourth-order valence-corrected chi connectivity index (χ4v) is 2.58. The van der Waals surface area contributed by atoms with Crippen molar-refractivity contribution >= 4 is 5.95 Å². The van der Waals surface area contributed by atoms with Crippen LogP contribution in [-0.4, -0.2) is 14.9 Å². The number of anilines is 1. The predicted octanol–water partition coefficient (Wildman–Crippen LogP) is 1.04. The summed E-state index contributed by atoms with van der Waals surface area (Å²) in [7, 11) is 0. The van der Waals surface area contributed by atoms with Crippen LogP contribution in [0.25, 0.3) is 0 Å². The van der Waals surface area contributed by atoms with Crippen LogP contribution in [0, 0.1) is 0 Å². The summed E-state index contributed by atoms with van der Waals surface area (Å²) < 4.78 is 1.40. The first-order valence-electron chi connectivity index (χ1n) is 5.81. The monoisotopic (exact) mass is 229 g/mol. The Morgan fingerprint density at radius 1 is 1.24 bits per heavy atom. The first-order chi connectivity index (χ1) is 8.27. The Hall–Kier alpha value is -2.04. The van der Waals surface area contributed by atoms with Crippen LogP contribution in [0.2, 0.25) is 0 Å². The number of fused-ring (bicyclic) bond motifs is 1. The van der Waals surface area contributed by atoms with Crippen molar-refractivity contribution in [3.63, 3.8) is 0 Å². The smallest absolute Gasteiger partial charge is 0.240 e. The number of aromatic nitrogens is 3. The predicted molar refractivity (Wildman–Crippen MR) is 65.8 cm³/mol. The van der Waals surface area contributed by atoms with Crippen LogP contribution in [-0.2, 0) is 6.42 Å². The van der Waals surface area contributed by atoms with E-state index in [9.17, 15) is 0 Å². The fourth-order valence-electron chi connectivity index (χ4n) is 2.58. The summed E-state index contributed by atoms with van der Waals surface area (Å²) in [4.78, 5) is 0. The largest absolute Gasteiger partial charge is 0.366 e. The molecule has 0 amide bonds. The van der Waals surface area contributed by atoms with Crippen LogP contribution in [0.5, 0.6) is 0 Å². The summed E-state index contributed by atoms with van der Waals surface area (Å²) in [5.41, 5.74) is 8.32. The maximum atomic E-state index is 5.86. The number of nitrogens with zero attached hydrogens (tertiary/aromatic N) is 3. The minimum absolute atomic E-state index is 0.217. The quantitative estimate of drug-likeness (QED) is 0.716. The Labute approximate surface area is 99.4 Å². The van der Waals surface area contributed by atoms with Gasteiger partial charge in [-0.15, -0.1) is 10.2 Å². The summed E-state index contributed by atoms with van der Waals surface area (Å²) in [5.74, 6) is 7.10. The Morgan fingerprint density at radius 2 is 2.06 bits per heavy atom. The molecule has 0 radical (unpaired) electrons. The molecule has 0 spiro atoms. The van der Waals surface area contributed by atoms with E-state index in [1.165, 1.54) is 15.8 Å². The number of hydrogen-bond acceptors (Lipinski definition) is 4. The van der Waals surface area contributed by atoms with Gasteiger partial charge in [0, 0.05) is 5.92 Å². The van der Waals surface area contributed by atoms with Gasteiger partial charge in [0.1, 0.15) is 0 Å². The number of nitrogen functional groups attached to an aromatic ring is 2. The van der Waals surface area contributed by atoms with Crippen LogP contribution < -0.4 is 11.6 Å². The van der Waals surface area contributed by atoms with Crippen LogP contribution >= 0.6 is 0 Å². The summed E-state index contributed by atoms with van der Waals surface area (Å²) in [6.45, 7) is 0. The lowest BCUT2D eigenvalue weighted by Crippen LogP contribution is -2.21. The van der Waals surface area contributed by atoms with Crippen molar-refractivity contribution < 1.29 is 0 Å². The second-order valence-electron chi connectivity index (χ2n) is 4.43. The number of nitrogens with two attached hydrogens (primary N) is 2. The average Bonchev–Trinajstić information content (AvgIpc) is 2.69. The van der Waals surface area contributed by atoms with Crippen molar-refractivity contribution in [2.24, 2.45) is 0 Å². The number of benzene rings is 1. The zero-order valence-corrected chi connectivity index (χ0v) is 9.50. The molecular formula is C12H15N5. The van der Waals surface area contributed by atoms with Crippen LogP contribution in [0.4, 0.5) is 5.95 Å². The molecule has 1 aliphatic rings. The van der Waals surface area contributed by atoms with E-state index in [1.54, 1.807) is 0 Å². The molecule has 1 aromatic heterocycles. The lowest BCUT2D eigenvalue weighted by Gasteiger charge is -2.24. The molecule has 2 aromatic rings. The zero-order valence-electron chi connectivity index (χ0n) is 9.50. The summed E-state index contributed by atoms with van der Waals surface area (Å²) >= 11 is 0. The normalized spacial score (nSPS) is 18.9. The van der Waals surface area contributed by atoms with Gasteiger partial charge in [0.15, 0.2) is 5.82 Å². The number of hydrogen-bond donors (Lipinski definition) is 2. The molecule has 88 valence electrons. The van der Waals surface area contributed by atoms with Crippen molar-refractivity contribution in [2.45, 2.75) is 25.2 Å². The van der Waals surface area contributed by atoms with Crippen molar-refractivity contribution in [2.75, 3.05) is 11.6 Å². The lowest BCUT2D eigenvalue weighted by atomic mass is 9.82. The van der Waals surface area contributed by atoms with E-state index >= 15 is 0 Å². The highest BCUT2D eigenvalue weighted by Gasteiger charge is 2.26. The highest BCUT2D eigenvalue weighted by molar-refractivity contribution is 5.37. The fraction of sp³-hybridized carbons (Fsp3) is 0.333. The molecule has 1 aromatic carbocycles. The van der Waals surface area contributed by atoms with Gasteiger partial charge in [0.05, 0.1) is 0 Å². The lowest BCUT2D eigenvalue weighted by molar-refractivity contribution is 0.578. The molecule has 0 aliphatic heterocycles. The Kier molecular flexibility index (Phi) is 2.24. The van der Waals surface area contributed by atoms with Gasteiger partial charge >= 0.3 is 0 Å². The van der Waals surface area contributed by atoms with Gasteiger partial charge < -0.3 is 11.6 Å². The molecule has 5 heteroatoms. The molecule has 4 N–H and O–H groups in total. The van der Waals surface area contributed by atoms with E-state index in [0.717, 1.165) is 25.1 Å². The van der Waals surface area contributed by atoms with E-state index in [2.05, 4.69) is 34.5 Å². The first-order valence-corrected chi connectivity index (χ1v) is 5.81. The van der Waals surface area contributed by atoms with Gasteiger partial charge in [-0.3, -0.25) is 0 Å². The van der Waals surface area contributed by atoms with Gasteiger partial charge in [-0.2, -0.15) is 0 Å². The molecule has 1 heterocycles. The summed E-state index contributed by atoms with van der Waals surface area (Å²) in [5, 5.41) is 7.93. The number of rotatable bonds is 1. The van der Waals surface area contributed by atoms with Gasteiger partial charge in [0.25, 0.3) is 0 Å². The minimum Gasteiger partial charge on any atom is -0.366 e. The maximum absolute atomic E-state index is 5.86. The van der Waals surface area contributed by atoms with Crippen LogP contribution in [0.15, 0.2) is 24.3 Å². The molecule has 0 saturated heterocycles. The highest BCUT2D eigenvalue weighted by Crippen LogP contribution is 2.35. The molecule has 1 unspecified atom stereocenters. The molecular weight excluding hydrogens is 214 g/mol. The van der Waals surface area contributed by atoms with E-state index in [-0.39, 0.29) is 11.9 Å². The van der Waals surface area contributed by atoms with Crippen LogP contribution in [0.1, 0.15) is 35.7 Å². The van der Waals surface area contributed by atoms with E-state index in [1.807, 2.05) is 0 Å². The standard InChI is InChI=1S/C12H15N5/c13-12-16-15-11(17(12)14)10-7-3-5-8-4-1-2-6-9(8)10/h1-2,4,6,10H,3,5,7,14H2,(H2,13,16). The molecule has 17 heavy (non-hydrogen) atoms. The first kappa shape index (κ1) is 10.1. The van der Waals surface area contributed by atoms with Crippen molar-refractivity contribution in [3.8, 4) is 0 Å².